The van der Waals surface area contributed by atoms with E-state index in [0.717, 1.165) is 19.3 Å². The number of aliphatic hydroxyl groups excluding tert-OH is 1. The van der Waals surface area contributed by atoms with Crippen LogP contribution in [0.25, 0.3) is 0 Å². The number of ether oxygens (including phenoxy) is 1. The number of ketones is 1. The molecule has 0 aliphatic carbocycles. The third-order valence-electron chi connectivity index (χ3n) is 3.87. The van der Waals surface area contributed by atoms with Gasteiger partial charge in [-0.3, -0.25) is 4.79 Å². The van der Waals surface area contributed by atoms with Gasteiger partial charge in [0.2, 0.25) is 0 Å². The number of carbonyl (C=O) groups excluding carboxylic acids is 2. The average Bonchev–Trinajstić information content (AvgIpc) is 2.77. The van der Waals surface area contributed by atoms with Gasteiger partial charge in [0.1, 0.15) is 5.57 Å². The van der Waals surface area contributed by atoms with Crippen molar-refractivity contribution in [2.75, 3.05) is 0 Å². The first-order valence-corrected chi connectivity index (χ1v) is 8.60. The molecule has 0 spiro atoms. The number of rotatable bonds is 12. The second-order valence-corrected chi connectivity index (χ2v) is 5.88. The number of esters is 1. The molecule has 4 heteroatoms. The van der Waals surface area contributed by atoms with Crippen LogP contribution in [0.2, 0.25) is 0 Å². The van der Waals surface area contributed by atoms with Gasteiger partial charge in [-0.25, -0.2) is 4.79 Å². The van der Waals surface area contributed by atoms with Gasteiger partial charge in [-0.2, -0.15) is 0 Å². The Kier molecular flexibility index (Phi) is 9.03. The lowest BCUT2D eigenvalue weighted by atomic mass is 10.0. The maximum absolute atomic E-state index is 11.9. The zero-order valence-corrected chi connectivity index (χ0v) is 14.1. The van der Waals surface area contributed by atoms with Gasteiger partial charge < -0.3 is 9.84 Å². The Morgan fingerprint density at radius 3 is 2.26 bits per heavy atom. The molecule has 1 N–H and O–H groups in total. The highest BCUT2D eigenvalue weighted by Gasteiger charge is 2.33. The van der Waals surface area contributed by atoms with Crippen LogP contribution in [0.15, 0.2) is 35.8 Å². The normalized spacial score (nSPS) is 14.8. The minimum atomic E-state index is -0.791. The third-order valence-corrected chi connectivity index (χ3v) is 3.87. The highest BCUT2D eigenvalue weighted by atomic mass is 16.6. The van der Waals surface area contributed by atoms with Crippen molar-refractivity contribution in [1.82, 2.24) is 0 Å². The molecule has 23 heavy (non-hydrogen) atoms. The molecule has 0 saturated carbocycles. The van der Waals surface area contributed by atoms with Crippen LogP contribution < -0.4 is 0 Å². The van der Waals surface area contributed by atoms with Crippen LogP contribution >= 0.6 is 0 Å². The fourth-order valence-corrected chi connectivity index (χ4v) is 2.47. The molecule has 1 heterocycles. The van der Waals surface area contributed by atoms with Gasteiger partial charge in [0.15, 0.2) is 17.3 Å². The molecular weight excluding hydrogens is 292 g/mol. The summed E-state index contributed by atoms with van der Waals surface area (Å²) in [7, 11) is 0. The molecule has 0 aromatic heterocycles. The van der Waals surface area contributed by atoms with Crippen LogP contribution in [0.5, 0.6) is 0 Å². The zero-order valence-electron chi connectivity index (χ0n) is 14.1. The lowest BCUT2D eigenvalue weighted by Crippen LogP contribution is -2.10. The Morgan fingerprint density at radius 1 is 1.09 bits per heavy atom. The van der Waals surface area contributed by atoms with Crippen molar-refractivity contribution in [3.05, 3.63) is 35.8 Å². The van der Waals surface area contributed by atoms with Gasteiger partial charge in [0.25, 0.3) is 0 Å². The molecule has 0 aromatic rings. The van der Waals surface area contributed by atoms with Crippen molar-refractivity contribution in [2.24, 2.45) is 0 Å². The minimum absolute atomic E-state index is 0.139. The molecule has 0 radical (unpaired) electrons. The highest BCUT2D eigenvalue weighted by Crippen LogP contribution is 2.24. The van der Waals surface area contributed by atoms with E-state index in [0.29, 0.717) is 6.42 Å². The number of carbonyl (C=O) groups is 2. The molecule has 128 valence electrons. The van der Waals surface area contributed by atoms with Gasteiger partial charge in [0.05, 0.1) is 0 Å². The van der Waals surface area contributed by atoms with Gasteiger partial charge in [-0.15, -0.1) is 0 Å². The number of allylic oxidation sites excluding steroid dienone is 2. The summed E-state index contributed by atoms with van der Waals surface area (Å²) in [6.07, 6.45) is 14.7. The van der Waals surface area contributed by atoms with Gasteiger partial charge in [0, 0.05) is 6.42 Å². The first kappa shape index (κ1) is 19.2. The zero-order chi connectivity index (χ0) is 17.1. The largest absolute Gasteiger partial charge is 0.504 e. The van der Waals surface area contributed by atoms with E-state index < -0.39 is 11.7 Å². The summed E-state index contributed by atoms with van der Waals surface area (Å²) in [6, 6.07) is 0. The average molecular weight is 320 g/mol. The molecule has 4 nitrogen and oxygen atoms in total. The first-order chi connectivity index (χ1) is 11.1. The van der Waals surface area contributed by atoms with Crippen LogP contribution in [-0.4, -0.2) is 16.9 Å². The van der Waals surface area contributed by atoms with Gasteiger partial charge in [-0.1, -0.05) is 51.3 Å². The van der Waals surface area contributed by atoms with Crippen LogP contribution in [0, 0.1) is 0 Å². The highest BCUT2D eigenvalue weighted by molar-refractivity contribution is 6.19. The van der Waals surface area contributed by atoms with Gasteiger partial charge >= 0.3 is 5.97 Å². The van der Waals surface area contributed by atoms with Crippen molar-refractivity contribution in [3.8, 4) is 0 Å². The summed E-state index contributed by atoms with van der Waals surface area (Å²) >= 11 is 0. The lowest BCUT2D eigenvalue weighted by molar-refractivity contribution is -0.134. The molecule has 0 aromatic carbocycles. The predicted octanol–water partition coefficient (Wildman–Crippen LogP) is 4.92. The number of cyclic esters (lactones) is 1. The molecule has 0 saturated heterocycles. The number of Topliss-reactive ketones (excluding diaryl/α,β-unsaturated/α-hetero) is 1. The summed E-state index contributed by atoms with van der Waals surface area (Å²) in [4.78, 5) is 23.3. The molecule has 1 aliphatic rings. The van der Waals surface area contributed by atoms with E-state index in [1.807, 2.05) is 0 Å². The number of unbranched alkanes of at least 4 members (excludes halogenated alkanes) is 7. The van der Waals surface area contributed by atoms with Crippen molar-refractivity contribution < 1.29 is 19.4 Å². The van der Waals surface area contributed by atoms with E-state index in [4.69, 9.17) is 0 Å². The summed E-state index contributed by atoms with van der Waals surface area (Å²) in [5.41, 5.74) is -0.252. The van der Waals surface area contributed by atoms with Crippen molar-refractivity contribution in [1.29, 1.82) is 0 Å². The SMILES string of the molecule is C=C1OC(=O)C(C(=O)CCCC/C=C\CCCCCCC)=C1O. The van der Waals surface area contributed by atoms with Crippen molar-refractivity contribution in [3.63, 3.8) is 0 Å². The van der Waals surface area contributed by atoms with Crippen LogP contribution in [0.4, 0.5) is 0 Å². The maximum atomic E-state index is 11.9. The summed E-state index contributed by atoms with van der Waals surface area (Å²) < 4.78 is 4.62. The molecular formula is C19H28O4. The molecule has 0 amide bonds. The fraction of sp³-hybridized carbons (Fsp3) is 0.579. The van der Waals surface area contributed by atoms with Crippen molar-refractivity contribution in [2.45, 2.75) is 71.1 Å². The minimum Gasteiger partial charge on any atom is -0.504 e. The quantitative estimate of drug-likeness (QED) is 0.240. The Labute approximate surface area is 138 Å². The van der Waals surface area contributed by atoms with E-state index >= 15 is 0 Å². The second-order valence-electron chi connectivity index (χ2n) is 5.88. The molecule has 0 fully saturated rings. The Morgan fingerprint density at radius 2 is 1.70 bits per heavy atom. The van der Waals surface area contributed by atoms with Crippen LogP contribution in [0.3, 0.4) is 0 Å². The monoisotopic (exact) mass is 320 g/mol. The Bertz CT molecular complexity index is 486. The lowest BCUT2D eigenvalue weighted by Gasteiger charge is -1.99. The smallest absolute Gasteiger partial charge is 0.351 e. The summed E-state index contributed by atoms with van der Waals surface area (Å²) in [5.74, 6) is -1.71. The topological polar surface area (TPSA) is 63.6 Å². The number of hydrogen-bond acceptors (Lipinski definition) is 4. The fourth-order valence-electron chi connectivity index (χ4n) is 2.47. The molecule has 0 bridgehead atoms. The van der Waals surface area contributed by atoms with E-state index in [1.165, 1.54) is 32.1 Å². The predicted molar refractivity (Wildman–Crippen MR) is 90.9 cm³/mol. The number of hydrogen-bond donors (Lipinski definition) is 1. The van der Waals surface area contributed by atoms with E-state index in [-0.39, 0.29) is 23.5 Å². The maximum Gasteiger partial charge on any atom is 0.351 e. The molecule has 1 rings (SSSR count). The van der Waals surface area contributed by atoms with Crippen LogP contribution in [-0.2, 0) is 14.3 Å². The second kappa shape index (κ2) is 10.8. The van der Waals surface area contributed by atoms with Crippen molar-refractivity contribution >= 4 is 11.8 Å². The molecule has 1 aliphatic heterocycles. The third kappa shape index (κ3) is 6.85. The first-order valence-electron chi connectivity index (χ1n) is 8.60. The Hall–Kier alpha value is -1.84. The number of aliphatic hydroxyl groups is 1. The van der Waals surface area contributed by atoms with E-state index in [9.17, 15) is 14.7 Å². The van der Waals surface area contributed by atoms with Gasteiger partial charge in [-0.05, 0) is 32.1 Å². The van der Waals surface area contributed by atoms with E-state index in [2.05, 4.69) is 30.4 Å². The molecule has 0 atom stereocenters. The van der Waals surface area contributed by atoms with Crippen LogP contribution in [0.1, 0.15) is 71.1 Å². The summed E-state index contributed by atoms with van der Waals surface area (Å²) in [5, 5.41) is 9.58. The Balaban J connectivity index is 2.10. The van der Waals surface area contributed by atoms with E-state index in [1.54, 1.807) is 0 Å². The standard InChI is InChI=1S/C19H28O4/c1-3-4-5-6-7-8-9-10-11-12-13-14-16(20)17-18(21)15(2)23-19(17)22/h9-10,21H,2-8,11-14H2,1H3/b10-9-. The molecule has 0 unspecified atom stereocenters. The summed E-state index contributed by atoms with van der Waals surface area (Å²) in [6.45, 7) is 5.58.